The summed E-state index contributed by atoms with van der Waals surface area (Å²) in [5.74, 6) is 0.385. The topological polar surface area (TPSA) is 78.6 Å². The number of halogens is 3. The van der Waals surface area contributed by atoms with Crippen molar-refractivity contribution < 1.29 is 13.2 Å². The number of H-pyrrole nitrogens is 2. The highest BCUT2D eigenvalue weighted by atomic mass is 19.4. The van der Waals surface area contributed by atoms with E-state index in [1.807, 2.05) is 32.0 Å². The molecule has 8 heteroatoms. The second-order valence-electron chi connectivity index (χ2n) is 7.97. The fourth-order valence-corrected chi connectivity index (χ4v) is 4.43. The van der Waals surface area contributed by atoms with E-state index >= 15 is 0 Å². The Morgan fingerprint density at radius 2 is 1.58 bits per heavy atom. The third-order valence-electron chi connectivity index (χ3n) is 5.98. The van der Waals surface area contributed by atoms with Gasteiger partial charge in [-0.3, -0.25) is 14.8 Å². The van der Waals surface area contributed by atoms with Gasteiger partial charge in [-0.25, -0.2) is 4.79 Å². The van der Waals surface area contributed by atoms with Crippen LogP contribution in [0.25, 0.3) is 0 Å². The maximum absolute atomic E-state index is 13.0. The SMILES string of the molecule is CC.O=c1[nH]c(C2CCC(c3ccccc3)CC2)c(Cc2cc(C(F)(F)F)ccn2)c(=O)[nH]1. The third-order valence-corrected chi connectivity index (χ3v) is 5.98. The first-order valence-electron chi connectivity index (χ1n) is 11.2. The number of nitrogens with one attached hydrogen (secondary N) is 2. The zero-order chi connectivity index (χ0) is 24.0. The van der Waals surface area contributed by atoms with Gasteiger partial charge in [0.15, 0.2) is 0 Å². The molecule has 0 aliphatic heterocycles. The van der Waals surface area contributed by atoms with E-state index < -0.39 is 23.0 Å². The lowest BCUT2D eigenvalue weighted by molar-refractivity contribution is -0.137. The Morgan fingerprint density at radius 3 is 2.21 bits per heavy atom. The fraction of sp³-hybridized carbons (Fsp3) is 0.400. The molecule has 2 heterocycles. The monoisotopic (exact) mass is 459 g/mol. The van der Waals surface area contributed by atoms with Crippen LogP contribution in [-0.2, 0) is 12.6 Å². The molecular weight excluding hydrogens is 431 g/mol. The zero-order valence-electron chi connectivity index (χ0n) is 18.7. The minimum atomic E-state index is -4.49. The van der Waals surface area contributed by atoms with Gasteiger partial charge in [-0.2, -0.15) is 13.2 Å². The molecule has 4 rings (SSSR count). The minimum absolute atomic E-state index is 0.0317. The van der Waals surface area contributed by atoms with Crippen molar-refractivity contribution in [1.82, 2.24) is 15.0 Å². The summed E-state index contributed by atoms with van der Waals surface area (Å²) in [7, 11) is 0. The molecule has 176 valence electrons. The molecule has 5 nitrogen and oxygen atoms in total. The number of rotatable bonds is 4. The number of nitrogens with zero attached hydrogens (tertiary/aromatic N) is 1. The summed E-state index contributed by atoms with van der Waals surface area (Å²) in [4.78, 5) is 33.5. The van der Waals surface area contributed by atoms with Crippen LogP contribution in [0.15, 0.2) is 58.3 Å². The molecular formula is C25H28F3N3O2. The van der Waals surface area contributed by atoms with E-state index in [2.05, 4.69) is 27.1 Å². The molecule has 0 atom stereocenters. The average Bonchev–Trinajstić information content (AvgIpc) is 2.82. The van der Waals surface area contributed by atoms with Gasteiger partial charge in [0.25, 0.3) is 5.56 Å². The highest BCUT2D eigenvalue weighted by Crippen LogP contribution is 2.40. The molecule has 1 aliphatic rings. The van der Waals surface area contributed by atoms with Crippen molar-refractivity contribution in [3.63, 3.8) is 0 Å². The Morgan fingerprint density at radius 1 is 0.939 bits per heavy atom. The fourth-order valence-electron chi connectivity index (χ4n) is 4.43. The van der Waals surface area contributed by atoms with Gasteiger partial charge in [0.1, 0.15) is 0 Å². The summed E-state index contributed by atoms with van der Waals surface area (Å²) in [6.07, 6.45) is -0.111. The Hall–Kier alpha value is -3.16. The van der Waals surface area contributed by atoms with Crippen molar-refractivity contribution in [2.75, 3.05) is 0 Å². The first-order chi connectivity index (χ1) is 15.8. The summed E-state index contributed by atoms with van der Waals surface area (Å²) in [6.45, 7) is 4.00. The van der Waals surface area contributed by atoms with Crippen LogP contribution in [-0.4, -0.2) is 15.0 Å². The lowest BCUT2D eigenvalue weighted by Crippen LogP contribution is -2.30. The molecule has 0 radical (unpaired) electrons. The molecule has 1 saturated carbocycles. The molecule has 1 fully saturated rings. The van der Waals surface area contributed by atoms with E-state index in [9.17, 15) is 22.8 Å². The van der Waals surface area contributed by atoms with Crippen LogP contribution in [0.5, 0.6) is 0 Å². The normalized spacial score (nSPS) is 18.3. The van der Waals surface area contributed by atoms with Crippen molar-refractivity contribution in [3.05, 3.63) is 97.6 Å². The highest BCUT2D eigenvalue weighted by molar-refractivity contribution is 5.29. The molecule has 3 aromatic rings. The lowest BCUT2D eigenvalue weighted by Gasteiger charge is -2.29. The number of aromatic amines is 2. The Balaban J connectivity index is 0.00000149. The molecule has 1 aliphatic carbocycles. The van der Waals surface area contributed by atoms with Gasteiger partial charge in [-0.05, 0) is 55.2 Å². The molecule has 0 unspecified atom stereocenters. The van der Waals surface area contributed by atoms with Crippen LogP contribution in [0.2, 0.25) is 0 Å². The van der Waals surface area contributed by atoms with E-state index in [4.69, 9.17) is 0 Å². The van der Waals surface area contributed by atoms with Gasteiger partial charge >= 0.3 is 11.9 Å². The number of pyridine rings is 1. The summed E-state index contributed by atoms with van der Waals surface area (Å²) < 4.78 is 39.1. The van der Waals surface area contributed by atoms with Crippen LogP contribution in [0, 0.1) is 0 Å². The number of benzene rings is 1. The van der Waals surface area contributed by atoms with Gasteiger partial charge in [-0.15, -0.1) is 0 Å². The van der Waals surface area contributed by atoms with Crippen molar-refractivity contribution in [2.24, 2.45) is 0 Å². The van der Waals surface area contributed by atoms with Crippen LogP contribution in [0.4, 0.5) is 13.2 Å². The lowest BCUT2D eigenvalue weighted by atomic mass is 9.76. The van der Waals surface area contributed by atoms with Crippen LogP contribution in [0.3, 0.4) is 0 Å². The molecule has 1 aromatic carbocycles. The molecule has 0 amide bonds. The van der Waals surface area contributed by atoms with Crippen molar-refractivity contribution in [1.29, 1.82) is 0 Å². The quantitative estimate of drug-likeness (QED) is 0.538. The second-order valence-corrected chi connectivity index (χ2v) is 7.97. The van der Waals surface area contributed by atoms with E-state index in [-0.39, 0.29) is 23.6 Å². The van der Waals surface area contributed by atoms with E-state index in [0.29, 0.717) is 11.6 Å². The molecule has 0 saturated heterocycles. The maximum atomic E-state index is 13.0. The predicted octanol–water partition coefficient (Wildman–Crippen LogP) is 5.54. The Kier molecular flexibility index (Phi) is 7.89. The van der Waals surface area contributed by atoms with Crippen LogP contribution in [0.1, 0.15) is 79.4 Å². The van der Waals surface area contributed by atoms with Gasteiger partial charge in [-0.1, -0.05) is 44.2 Å². The summed E-state index contributed by atoms with van der Waals surface area (Å²) in [5.41, 5.74) is 0.187. The summed E-state index contributed by atoms with van der Waals surface area (Å²) in [6, 6.07) is 12.0. The van der Waals surface area contributed by atoms with E-state index in [1.54, 1.807) is 0 Å². The van der Waals surface area contributed by atoms with Crippen molar-refractivity contribution in [3.8, 4) is 0 Å². The molecule has 2 N–H and O–H groups in total. The van der Waals surface area contributed by atoms with Gasteiger partial charge in [0.05, 0.1) is 5.56 Å². The number of alkyl halides is 3. The minimum Gasteiger partial charge on any atom is -0.311 e. The molecule has 0 spiro atoms. The van der Waals surface area contributed by atoms with Crippen LogP contribution < -0.4 is 11.2 Å². The first-order valence-corrected chi connectivity index (χ1v) is 11.2. The molecule has 0 bridgehead atoms. The van der Waals surface area contributed by atoms with E-state index in [1.165, 1.54) is 5.56 Å². The molecule has 2 aromatic heterocycles. The van der Waals surface area contributed by atoms with Gasteiger partial charge in [0, 0.05) is 29.6 Å². The standard InChI is InChI=1S/C23H22F3N3O2.C2H6/c24-23(25,26)17-10-11-27-18(12-17)13-19-20(28-22(31)29-21(19)30)16-8-6-15(7-9-16)14-4-2-1-3-5-14;1-2/h1-5,10-12,15-16H,6-9,13H2,(H2,28,29,30,31);1-2H3. The molecule has 33 heavy (non-hydrogen) atoms. The van der Waals surface area contributed by atoms with E-state index in [0.717, 1.165) is 44.0 Å². The van der Waals surface area contributed by atoms with Gasteiger partial charge in [0.2, 0.25) is 0 Å². The first kappa shape index (κ1) is 24.5. The maximum Gasteiger partial charge on any atom is 0.416 e. The summed E-state index contributed by atoms with van der Waals surface area (Å²) >= 11 is 0. The Bertz CT molecular complexity index is 1160. The largest absolute Gasteiger partial charge is 0.416 e. The predicted molar refractivity (Wildman–Crippen MR) is 121 cm³/mol. The number of hydrogen-bond donors (Lipinski definition) is 2. The van der Waals surface area contributed by atoms with Crippen molar-refractivity contribution >= 4 is 0 Å². The second kappa shape index (κ2) is 10.6. The Labute approximate surface area is 190 Å². The van der Waals surface area contributed by atoms with Gasteiger partial charge < -0.3 is 4.98 Å². The average molecular weight is 460 g/mol. The highest BCUT2D eigenvalue weighted by Gasteiger charge is 2.31. The van der Waals surface area contributed by atoms with Crippen LogP contribution >= 0.6 is 0 Å². The number of aromatic nitrogens is 3. The number of hydrogen-bond acceptors (Lipinski definition) is 3. The zero-order valence-corrected chi connectivity index (χ0v) is 18.7. The smallest absolute Gasteiger partial charge is 0.311 e. The summed E-state index contributed by atoms with van der Waals surface area (Å²) in [5, 5.41) is 0. The third kappa shape index (κ3) is 6.00. The van der Waals surface area contributed by atoms with Crippen molar-refractivity contribution in [2.45, 2.75) is 64.0 Å².